The first-order chi connectivity index (χ1) is 21.0. The molecule has 202 valence electrons. The summed E-state index contributed by atoms with van der Waals surface area (Å²) in [4.78, 5) is 0. The maximum absolute atomic E-state index is 9.90. The third kappa shape index (κ3) is 3.18. The van der Waals surface area contributed by atoms with Crippen molar-refractivity contribution in [3.8, 4) is 34.0 Å². The van der Waals surface area contributed by atoms with E-state index in [1.807, 2.05) is 12.1 Å². The summed E-state index contributed by atoms with van der Waals surface area (Å²) < 4.78 is 8.98. The van der Waals surface area contributed by atoms with Crippen LogP contribution in [0.3, 0.4) is 0 Å². The zero-order chi connectivity index (χ0) is 28.9. The molecule has 0 unspecified atom stereocenters. The zero-order valence-electron chi connectivity index (χ0n) is 23.8. The smallest absolute Gasteiger partial charge is 0.140 e. The Bertz CT molecular complexity index is 2450. The third-order valence-corrected chi connectivity index (χ3v) is 9.41. The lowest BCUT2D eigenvalue weighted by atomic mass is 9.82. The molecule has 0 amide bonds. The molecule has 0 saturated carbocycles. The van der Waals surface area contributed by atoms with Crippen molar-refractivity contribution in [3.63, 3.8) is 0 Å². The molecule has 2 aromatic heterocycles. The molecule has 2 heterocycles. The summed E-state index contributed by atoms with van der Waals surface area (Å²) in [5.74, 6) is 0. The first kappa shape index (κ1) is 24.1. The molecule has 6 aromatic carbocycles. The van der Waals surface area contributed by atoms with Crippen LogP contribution in [0, 0.1) is 11.3 Å². The van der Waals surface area contributed by atoms with E-state index in [4.69, 9.17) is 4.42 Å². The quantitative estimate of drug-likeness (QED) is 0.215. The highest BCUT2D eigenvalue weighted by Gasteiger charge is 2.38. The number of nitriles is 1. The standard InChI is InChI=1S/C40H26N2O/c1-40(2)33-12-6-3-9-26(33)29-17-18-30-32-22-25(16-20-37(32)43-39(30)38(29)40)31-21-24(23-41)15-19-36(31)42-34-13-7-4-10-27(34)28-11-5-8-14-35(28)42/h3-22H,1-2H3. The molecule has 0 fully saturated rings. The number of furan rings is 1. The fourth-order valence-corrected chi connectivity index (χ4v) is 7.46. The molecule has 0 N–H and O–H groups in total. The summed E-state index contributed by atoms with van der Waals surface area (Å²) in [6.45, 7) is 4.59. The van der Waals surface area contributed by atoms with Gasteiger partial charge in [0.25, 0.3) is 0 Å². The van der Waals surface area contributed by atoms with Crippen molar-refractivity contribution in [3.05, 3.63) is 138 Å². The van der Waals surface area contributed by atoms with Crippen LogP contribution in [-0.2, 0) is 5.41 Å². The van der Waals surface area contributed by atoms with Gasteiger partial charge in [0.2, 0.25) is 0 Å². The predicted molar refractivity (Wildman–Crippen MR) is 176 cm³/mol. The summed E-state index contributed by atoms with van der Waals surface area (Å²) >= 11 is 0. The van der Waals surface area contributed by atoms with Crippen LogP contribution in [0.2, 0.25) is 0 Å². The van der Waals surface area contributed by atoms with Gasteiger partial charge in [-0.2, -0.15) is 5.26 Å². The van der Waals surface area contributed by atoms with Gasteiger partial charge in [-0.25, -0.2) is 0 Å². The Morgan fingerprint density at radius 2 is 1.35 bits per heavy atom. The molecular weight excluding hydrogens is 524 g/mol. The maximum Gasteiger partial charge on any atom is 0.140 e. The molecule has 0 spiro atoms. The Labute approximate surface area is 248 Å². The normalized spacial score (nSPS) is 13.5. The number of hydrogen-bond donors (Lipinski definition) is 0. The van der Waals surface area contributed by atoms with Crippen LogP contribution in [0.1, 0.15) is 30.5 Å². The Hall–Kier alpha value is -5.59. The van der Waals surface area contributed by atoms with Crippen molar-refractivity contribution in [2.75, 3.05) is 0 Å². The minimum absolute atomic E-state index is 0.160. The van der Waals surface area contributed by atoms with Crippen LogP contribution in [-0.4, -0.2) is 4.57 Å². The number of para-hydroxylation sites is 2. The van der Waals surface area contributed by atoms with Crippen LogP contribution >= 0.6 is 0 Å². The minimum atomic E-state index is -0.160. The second-order valence-corrected chi connectivity index (χ2v) is 12.1. The van der Waals surface area contributed by atoms with Gasteiger partial charge in [0.1, 0.15) is 11.2 Å². The molecular formula is C40H26N2O. The summed E-state index contributed by atoms with van der Waals surface area (Å²) in [6.07, 6.45) is 0. The summed E-state index contributed by atoms with van der Waals surface area (Å²) in [5, 5.41) is 14.5. The highest BCUT2D eigenvalue weighted by molar-refractivity contribution is 6.12. The van der Waals surface area contributed by atoms with E-state index in [-0.39, 0.29) is 5.41 Å². The Morgan fingerprint density at radius 1 is 0.628 bits per heavy atom. The first-order valence-corrected chi connectivity index (χ1v) is 14.7. The van der Waals surface area contributed by atoms with Crippen molar-refractivity contribution in [1.29, 1.82) is 5.26 Å². The van der Waals surface area contributed by atoms with Gasteiger partial charge in [0.15, 0.2) is 0 Å². The van der Waals surface area contributed by atoms with Gasteiger partial charge in [-0.05, 0) is 70.8 Å². The predicted octanol–water partition coefficient (Wildman–Crippen LogP) is 10.5. The first-order valence-electron chi connectivity index (χ1n) is 14.7. The number of aromatic nitrogens is 1. The fourth-order valence-electron chi connectivity index (χ4n) is 7.46. The van der Waals surface area contributed by atoms with Crippen LogP contribution in [0.25, 0.3) is 71.7 Å². The van der Waals surface area contributed by atoms with Crippen molar-refractivity contribution in [2.45, 2.75) is 19.3 Å². The topological polar surface area (TPSA) is 41.9 Å². The highest BCUT2D eigenvalue weighted by Crippen LogP contribution is 2.52. The van der Waals surface area contributed by atoms with Gasteiger partial charge < -0.3 is 8.98 Å². The summed E-state index contributed by atoms with van der Waals surface area (Å²) in [6, 6.07) is 45.0. The van der Waals surface area contributed by atoms with Crippen molar-refractivity contribution < 1.29 is 4.42 Å². The van der Waals surface area contributed by atoms with E-state index in [1.165, 1.54) is 33.0 Å². The molecule has 1 aliphatic carbocycles. The van der Waals surface area contributed by atoms with Crippen molar-refractivity contribution >= 4 is 43.7 Å². The number of benzene rings is 6. The van der Waals surface area contributed by atoms with Crippen LogP contribution in [0.15, 0.2) is 126 Å². The molecule has 9 rings (SSSR count). The average Bonchev–Trinajstić information content (AvgIpc) is 3.66. The lowest BCUT2D eigenvalue weighted by molar-refractivity contribution is 0.620. The van der Waals surface area contributed by atoms with E-state index >= 15 is 0 Å². The molecule has 1 aliphatic rings. The molecule has 0 saturated heterocycles. The molecule has 0 radical (unpaired) electrons. The monoisotopic (exact) mass is 550 g/mol. The van der Waals surface area contributed by atoms with E-state index < -0.39 is 0 Å². The summed E-state index contributed by atoms with van der Waals surface area (Å²) in [7, 11) is 0. The Morgan fingerprint density at radius 3 is 2.12 bits per heavy atom. The lowest BCUT2D eigenvalue weighted by Crippen LogP contribution is -2.15. The highest BCUT2D eigenvalue weighted by atomic mass is 16.3. The van der Waals surface area contributed by atoms with Crippen molar-refractivity contribution in [1.82, 2.24) is 4.57 Å². The van der Waals surface area contributed by atoms with Gasteiger partial charge in [-0.1, -0.05) is 86.6 Å². The van der Waals surface area contributed by atoms with E-state index in [1.54, 1.807) is 0 Å². The van der Waals surface area contributed by atoms with Gasteiger partial charge in [0, 0.05) is 38.1 Å². The average molecular weight is 551 g/mol. The molecule has 8 aromatic rings. The Kier molecular flexibility index (Phi) is 4.74. The fraction of sp³-hybridized carbons (Fsp3) is 0.0750. The van der Waals surface area contributed by atoms with Gasteiger partial charge >= 0.3 is 0 Å². The largest absolute Gasteiger partial charge is 0.456 e. The number of rotatable bonds is 2. The van der Waals surface area contributed by atoms with Crippen LogP contribution in [0.5, 0.6) is 0 Å². The van der Waals surface area contributed by atoms with Gasteiger partial charge in [0.05, 0.1) is 28.4 Å². The number of nitrogens with zero attached hydrogens (tertiary/aromatic N) is 2. The lowest BCUT2D eigenvalue weighted by Gasteiger charge is -2.21. The van der Waals surface area contributed by atoms with Crippen molar-refractivity contribution in [2.24, 2.45) is 0 Å². The van der Waals surface area contributed by atoms with Gasteiger partial charge in [-0.3, -0.25) is 0 Å². The Balaban J connectivity index is 1.31. The van der Waals surface area contributed by atoms with E-state index in [0.29, 0.717) is 5.56 Å². The summed E-state index contributed by atoms with van der Waals surface area (Å²) in [5.41, 5.74) is 12.8. The van der Waals surface area contributed by atoms with Crippen LogP contribution in [0.4, 0.5) is 0 Å². The minimum Gasteiger partial charge on any atom is -0.456 e. The van der Waals surface area contributed by atoms with E-state index in [9.17, 15) is 5.26 Å². The zero-order valence-corrected chi connectivity index (χ0v) is 23.8. The second-order valence-electron chi connectivity index (χ2n) is 12.1. The SMILES string of the molecule is CC1(C)c2ccccc2-c2ccc3c(oc4ccc(-c5cc(C#N)ccc5-n5c6ccccc6c6ccccc65)cc43)c21. The number of fused-ring (bicyclic) bond motifs is 10. The van der Waals surface area contributed by atoms with E-state index in [2.05, 4.69) is 134 Å². The molecule has 0 atom stereocenters. The maximum atomic E-state index is 9.90. The third-order valence-electron chi connectivity index (χ3n) is 9.41. The second kappa shape index (κ2) is 8.47. The molecule has 0 bridgehead atoms. The molecule has 43 heavy (non-hydrogen) atoms. The molecule has 3 nitrogen and oxygen atoms in total. The molecule has 0 aliphatic heterocycles. The number of hydrogen-bond acceptors (Lipinski definition) is 2. The van der Waals surface area contributed by atoms with E-state index in [0.717, 1.165) is 49.8 Å². The van der Waals surface area contributed by atoms with Crippen LogP contribution < -0.4 is 0 Å². The molecule has 3 heteroatoms. The van der Waals surface area contributed by atoms with Gasteiger partial charge in [-0.15, -0.1) is 0 Å².